The third-order valence-corrected chi connectivity index (χ3v) is 7.03. The summed E-state index contributed by atoms with van der Waals surface area (Å²) in [5, 5.41) is 11.7. The smallest absolute Gasteiger partial charge is 0.279 e. The van der Waals surface area contributed by atoms with Gasteiger partial charge in [0.2, 0.25) is 0 Å². The van der Waals surface area contributed by atoms with Crippen LogP contribution in [0.25, 0.3) is 0 Å². The number of fused-ring (bicyclic) bond motifs is 2. The molecule has 34 heavy (non-hydrogen) atoms. The molecule has 0 radical (unpaired) electrons. The molecule has 0 aliphatic carbocycles. The van der Waals surface area contributed by atoms with Crippen molar-refractivity contribution < 1.29 is 14.3 Å². The number of benzene rings is 2. The topological polar surface area (TPSA) is 91.2 Å². The first-order valence-corrected chi connectivity index (χ1v) is 12.2. The number of rotatable bonds is 6. The minimum Gasteiger partial charge on any atom is -0.485 e. The zero-order chi connectivity index (χ0) is 22.9. The van der Waals surface area contributed by atoms with E-state index in [1.165, 1.54) is 23.1 Å². The molecule has 1 unspecified atom stereocenters. The number of nitrogens with one attached hydrogen (secondary N) is 1. The van der Waals surface area contributed by atoms with Crippen LogP contribution in [0.1, 0.15) is 51.4 Å². The predicted molar refractivity (Wildman–Crippen MR) is 126 cm³/mol. The van der Waals surface area contributed by atoms with E-state index in [1.54, 1.807) is 0 Å². The van der Waals surface area contributed by atoms with Crippen LogP contribution in [0.15, 0.2) is 54.7 Å². The van der Waals surface area contributed by atoms with Crippen molar-refractivity contribution in [3.63, 3.8) is 0 Å². The second-order valence-corrected chi connectivity index (χ2v) is 9.38. The zero-order valence-corrected chi connectivity index (χ0v) is 19.3. The average Bonchev–Trinajstić information content (AvgIpc) is 3.61. The van der Waals surface area contributed by atoms with Gasteiger partial charge in [0, 0.05) is 13.0 Å². The lowest BCUT2D eigenvalue weighted by Crippen LogP contribution is -2.23. The van der Waals surface area contributed by atoms with Crippen LogP contribution in [0.5, 0.6) is 16.7 Å². The first-order valence-electron chi connectivity index (χ1n) is 11.4. The van der Waals surface area contributed by atoms with Crippen LogP contribution in [0.4, 0.5) is 0 Å². The molecule has 0 bridgehead atoms. The van der Waals surface area contributed by atoms with Crippen molar-refractivity contribution in [1.82, 2.24) is 25.1 Å². The molecule has 0 spiro atoms. The Hall–Kier alpha value is -3.72. The summed E-state index contributed by atoms with van der Waals surface area (Å²) >= 11 is 1.21. The fourth-order valence-corrected chi connectivity index (χ4v) is 5.13. The Morgan fingerprint density at radius 1 is 1.18 bits per heavy atom. The Morgan fingerprint density at radius 2 is 2.09 bits per heavy atom. The van der Waals surface area contributed by atoms with Crippen molar-refractivity contribution in [3.8, 4) is 16.7 Å². The Balaban J connectivity index is 1.08. The second-order valence-electron chi connectivity index (χ2n) is 8.39. The fourth-order valence-electron chi connectivity index (χ4n) is 4.43. The zero-order valence-electron chi connectivity index (χ0n) is 18.4. The van der Waals surface area contributed by atoms with E-state index in [1.807, 2.05) is 36.4 Å². The number of thiazole rings is 1. The summed E-state index contributed by atoms with van der Waals surface area (Å²) in [6.07, 6.45) is 5.44. The minimum absolute atomic E-state index is 0.0688. The van der Waals surface area contributed by atoms with E-state index in [0.29, 0.717) is 22.4 Å². The molecule has 1 atom stereocenters. The number of hydrogen-bond acceptors (Lipinski definition) is 7. The van der Waals surface area contributed by atoms with Crippen molar-refractivity contribution in [2.24, 2.45) is 0 Å². The molecule has 4 heterocycles. The summed E-state index contributed by atoms with van der Waals surface area (Å²) in [6.45, 7) is 1.25. The maximum absolute atomic E-state index is 12.6. The van der Waals surface area contributed by atoms with E-state index in [0.717, 1.165) is 55.2 Å². The number of carbonyl (C=O) groups is 1. The van der Waals surface area contributed by atoms with E-state index in [9.17, 15) is 4.79 Å². The molecule has 1 N–H and O–H groups in total. The van der Waals surface area contributed by atoms with E-state index in [-0.39, 0.29) is 12.0 Å². The van der Waals surface area contributed by atoms with Gasteiger partial charge in [0.05, 0.1) is 12.7 Å². The molecule has 2 aromatic heterocycles. The molecule has 0 fully saturated rings. The molecule has 2 aliphatic heterocycles. The highest BCUT2D eigenvalue weighted by atomic mass is 32.1. The summed E-state index contributed by atoms with van der Waals surface area (Å²) in [7, 11) is 0. The molecular weight excluding hydrogens is 450 g/mol. The summed E-state index contributed by atoms with van der Waals surface area (Å²) in [5.41, 5.74) is 2.30. The summed E-state index contributed by atoms with van der Waals surface area (Å²) < 4.78 is 14.2. The van der Waals surface area contributed by atoms with Crippen LogP contribution in [0.2, 0.25) is 0 Å². The van der Waals surface area contributed by atoms with E-state index >= 15 is 0 Å². The van der Waals surface area contributed by atoms with Gasteiger partial charge in [0.1, 0.15) is 28.3 Å². The number of hydrogen-bond donors (Lipinski definition) is 1. The van der Waals surface area contributed by atoms with Crippen LogP contribution in [-0.2, 0) is 25.9 Å². The standard InChI is InChI=1S/C25H23N5O3S/c31-24(26-15-23-29-28-22-7-4-12-30(22)23)21-14-27-25(34-21)32-18-9-11-20-17(13-18)8-10-19(33-20)16-5-2-1-3-6-16/h1-3,5-6,9,11,13-14,19H,4,7-8,10,12,15H2,(H,26,31). The van der Waals surface area contributed by atoms with E-state index in [2.05, 4.69) is 37.2 Å². The number of nitrogens with zero attached hydrogens (tertiary/aromatic N) is 4. The highest BCUT2D eigenvalue weighted by molar-refractivity contribution is 7.15. The Bertz CT molecular complexity index is 1330. The monoisotopic (exact) mass is 473 g/mol. The van der Waals surface area contributed by atoms with Gasteiger partial charge in [0.15, 0.2) is 5.82 Å². The molecule has 172 valence electrons. The maximum atomic E-state index is 12.6. The molecule has 9 heteroatoms. The molecule has 4 aromatic rings. The molecule has 6 rings (SSSR count). The van der Waals surface area contributed by atoms with Gasteiger partial charge in [-0.25, -0.2) is 4.98 Å². The SMILES string of the molecule is O=C(NCc1nnc2n1CCC2)c1cnc(Oc2ccc3c(c2)CCC(c2ccccc2)O3)s1. The van der Waals surface area contributed by atoms with Crippen molar-refractivity contribution >= 4 is 17.2 Å². The minimum atomic E-state index is -0.200. The van der Waals surface area contributed by atoms with Gasteiger partial charge >= 0.3 is 0 Å². The van der Waals surface area contributed by atoms with E-state index in [4.69, 9.17) is 9.47 Å². The van der Waals surface area contributed by atoms with Crippen LogP contribution in [0.3, 0.4) is 0 Å². The lowest BCUT2D eigenvalue weighted by Gasteiger charge is -2.26. The molecule has 0 saturated carbocycles. The summed E-state index contributed by atoms with van der Waals surface area (Å²) in [5.74, 6) is 3.14. The number of carbonyl (C=O) groups excluding carboxylic acids is 1. The quantitative estimate of drug-likeness (QED) is 0.444. The third-order valence-electron chi connectivity index (χ3n) is 6.16. The first kappa shape index (κ1) is 20.9. The van der Waals surface area contributed by atoms with Crippen molar-refractivity contribution in [1.29, 1.82) is 0 Å². The summed E-state index contributed by atoms with van der Waals surface area (Å²) in [6, 6.07) is 16.1. The average molecular weight is 474 g/mol. The summed E-state index contributed by atoms with van der Waals surface area (Å²) in [4.78, 5) is 17.3. The lowest BCUT2D eigenvalue weighted by atomic mass is 9.97. The third kappa shape index (κ3) is 4.14. The highest BCUT2D eigenvalue weighted by Gasteiger charge is 2.22. The molecule has 2 aliphatic rings. The lowest BCUT2D eigenvalue weighted by molar-refractivity contribution is 0.0953. The Morgan fingerprint density at radius 3 is 3.00 bits per heavy atom. The highest BCUT2D eigenvalue weighted by Crippen LogP contribution is 2.38. The Labute approximate surface area is 200 Å². The maximum Gasteiger partial charge on any atom is 0.279 e. The first-order chi connectivity index (χ1) is 16.7. The van der Waals surface area contributed by atoms with Gasteiger partial charge < -0.3 is 19.4 Å². The van der Waals surface area contributed by atoms with Crippen LogP contribution < -0.4 is 14.8 Å². The number of ether oxygens (including phenoxy) is 2. The largest absolute Gasteiger partial charge is 0.485 e. The number of amides is 1. The molecule has 1 amide bonds. The number of aryl methyl sites for hydroxylation is 2. The van der Waals surface area contributed by atoms with Crippen LogP contribution in [-0.4, -0.2) is 25.7 Å². The van der Waals surface area contributed by atoms with Crippen molar-refractivity contribution in [3.05, 3.63) is 82.4 Å². The predicted octanol–water partition coefficient (Wildman–Crippen LogP) is 4.47. The van der Waals surface area contributed by atoms with Gasteiger partial charge in [-0.1, -0.05) is 41.7 Å². The molecular formula is C25H23N5O3S. The normalized spacial score (nSPS) is 16.4. The molecule has 0 saturated heterocycles. The fraction of sp³-hybridized carbons (Fsp3) is 0.280. The van der Waals surface area contributed by atoms with Crippen molar-refractivity contribution in [2.75, 3.05) is 0 Å². The second kappa shape index (κ2) is 8.90. The van der Waals surface area contributed by atoms with Gasteiger partial charge in [-0.3, -0.25) is 4.79 Å². The molecule has 8 nitrogen and oxygen atoms in total. The van der Waals surface area contributed by atoms with E-state index < -0.39 is 0 Å². The van der Waals surface area contributed by atoms with Gasteiger partial charge in [0.25, 0.3) is 11.1 Å². The van der Waals surface area contributed by atoms with Crippen LogP contribution >= 0.6 is 11.3 Å². The van der Waals surface area contributed by atoms with Gasteiger partial charge in [-0.2, -0.15) is 0 Å². The van der Waals surface area contributed by atoms with Gasteiger partial charge in [-0.05, 0) is 48.6 Å². The van der Waals surface area contributed by atoms with Crippen LogP contribution in [0, 0.1) is 0 Å². The van der Waals surface area contributed by atoms with Gasteiger partial charge in [-0.15, -0.1) is 10.2 Å². The Kier molecular flexibility index (Phi) is 5.46. The molecule has 2 aromatic carbocycles. The van der Waals surface area contributed by atoms with Crippen molar-refractivity contribution in [2.45, 2.75) is 44.9 Å². The number of aromatic nitrogens is 4.